The number of rotatable bonds is 1. The molecule has 0 heterocycles. The maximum absolute atomic E-state index is 9.71. The molecule has 0 aliphatic carbocycles. The lowest BCUT2D eigenvalue weighted by Gasteiger charge is -1.88. The molecule has 5 heteroatoms. The van der Waals surface area contributed by atoms with Crippen molar-refractivity contribution in [3.05, 3.63) is 0 Å². The normalized spacial score (nSPS) is 6.33. The van der Waals surface area contributed by atoms with Crippen LogP contribution < -0.4 is 11.1 Å². The molecule has 0 unspecified atom stereocenters. The second kappa shape index (κ2) is 9.88. The Morgan fingerprint density at radius 1 is 1.89 bits per heavy atom. The van der Waals surface area contributed by atoms with E-state index in [1.807, 2.05) is 6.92 Å². The van der Waals surface area contributed by atoms with Gasteiger partial charge in [0, 0.05) is 6.54 Å². The fourth-order valence-electron chi connectivity index (χ4n) is 0.174. The molecule has 0 bridgehead atoms. The minimum absolute atomic E-state index is 0.250. The van der Waals surface area contributed by atoms with E-state index in [0.29, 0.717) is 6.54 Å². The smallest absolute Gasteiger partial charge is 0.312 e. The number of hydrogen-bond donors (Lipinski definition) is 3. The van der Waals surface area contributed by atoms with Crippen molar-refractivity contribution in [2.45, 2.75) is 6.92 Å². The van der Waals surface area contributed by atoms with E-state index in [-0.39, 0.29) is 6.47 Å². The van der Waals surface area contributed by atoms with E-state index in [0.717, 1.165) is 0 Å². The van der Waals surface area contributed by atoms with Crippen molar-refractivity contribution in [3.63, 3.8) is 0 Å². The number of hydrogen-bond acceptors (Lipinski definition) is 2. The summed E-state index contributed by atoms with van der Waals surface area (Å²) in [4.78, 5) is 18.1. The van der Waals surface area contributed by atoms with Crippen LogP contribution in [0.2, 0.25) is 0 Å². The summed E-state index contributed by atoms with van der Waals surface area (Å²) < 4.78 is 0. The summed E-state index contributed by atoms with van der Waals surface area (Å²) in [6, 6.07) is -0.461. The van der Waals surface area contributed by atoms with Crippen LogP contribution in [0.1, 0.15) is 6.92 Å². The lowest BCUT2D eigenvalue weighted by atomic mass is 10.7. The highest BCUT2D eigenvalue weighted by molar-refractivity contribution is 5.71. The van der Waals surface area contributed by atoms with Crippen molar-refractivity contribution in [1.82, 2.24) is 5.32 Å². The maximum Gasteiger partial charge on any atom is 0.312 e. The van der Waals surface area contributed by atoms with Gasteiger partial charge < -0.3 is 16.2 Å². The monoisotopic (exact) mass is 134 g/mol. The van der Waals surface area contributed by atoms with Crippen LogP contribution in [0.15, 0.2) is 0 Å². The first-order valence-corrected chi connectivity index (χ1v) is 2.30. The van der Waals surface area contributed by atoms with Crippen molar-refractivity contribution in [1.29, 1.82) is 0 Å². The maximum atomic E-state index is 9.71. The van der Waals surface area contributed by atoms with Gasteiger partial charge in [0.1, 0.15) is 0 Å². The molecular weight excluding hydrogens is 124 g/mol. The lowest BCUT2D eigenvalue weighted by Crippen LogP contribution is -2.28. The van der Waals surface area contributed by atoms with Crippen molar-refractivity contribution >= 4 is 12.5 Å². The molecule has 0 radical (unpaired) electrons. The Morgan fingerprint density at radius 3 is 2.22 bits per heavy atom. The van der Waals surface area contributed by atoms with Gasteiger partial charge in [0.15, 0.2) is 0 Å². The van der Waals surface area contributed by atoms with E-state index in [9.17, 15) is 4.79 Å². The van der Waals surface area contributed by atoms with Gasteiger partial charge in [-0.2, -0.15) is 0 Å². The second-order valence-electron chi connectivity index (χ2n) is 1.000. The zero-order chi connectivity index (χ0) is 7.70. The van der Waals surface area contributed by atoms with Gasteiger partial charge in [-0.15, -0.1) is 0 Å². The molecule has 0 spiro atoms. The molecule has 5 nitrogen and oxygen atoms in total. The molecule has 0 aliphatic heterocycles. The molecule has 0 fully saturated rings. The quantitative estimate of drug-likeness (QED) is 0.417. The number of urea groups is 1. The summed E-state index contributed by atoms with van der Waals surface area (Å²) in [7, 11) is 0. The Kier molecular flexibility index (Phi) is 11.7. The van der Waals surface area contributed by atoms with Crippen LogP contribution in [0.5, 0.6) is 0 Å². The van der Waals surface area contributed by atoms with Gasteiger partial charge in [-0.25, -0.2) is 4.79 Å². The fraction of sp³-hybridized carbons (Fsp3) is 0.500. The Bertz CT molecular complexity index is 83.9. The molecule has 9 heavy (non-hydrogen) atoms. The summed E-state index contributed by atoms with van der Waals surface area (Å²) in [6.07, 6.45) is 0. The molecular formula is C4H10N2O3. The van der Waals surface area contributed by atoms with Gasteiger partial charge in [-0.3, -0.25) is 4.79 Å². The Hall–Kier alpha value is -1.26. The van der Waals surface area contributed by atoms with Crippen molar-refractivity contribution in [3.8, 4) is 0 Å². The summed E-state index contributed by atoms with van der Waals surface area (Å²) in [6.45, 7) is 2.17. The third-order valence-electron chi connectivity index (χ3n) is 0.351. The van der Waals surface area contributed by atoms with Crippen LogP contribution in [0, 0.1) is 0 Å². The highest BCUT2D eigenvalue weighted by Gasteiger charge is 1.79. The first-order chi connectivity index (χ1) is 4.18. The van der Waals surface area contributed by atoms with Gasteiger partial charge in [-0.05, 0) is 6.92 Å². The van der Waals surface area contributed by atoms with E-state index in [1.54, 1.807) is 0 Å². The minimum Gasteiger partial charge on any atom is -0.483 e. The molecule has 0 aromatic carbocycles. The van der Waals surface area contributed by atoms with Gasteiger partial charge in [0.05, 0.1) is 0 Å². The first-order valence-electron chi connectivity index (χ1n) is 2.30. The van der Waals surface area contributed by atoms with Crippen LogP contribution in [0.4, 0.5) is 4.79 Å². The van der Waals surface area contributed by atoms with E-state index in [1.165, 1.54) is 0 Å². The summed E-state index contributed by atoms with van der Waals surface area (Å²) in [5, 5.41) is 9.24. The summed E-state index contributed by atoms with van der Waals surface area (Å²) in [5.41, 5.74) is 4.65. The van der Waals surface area contributed by atoms with E-state index in [4.69, 9.17) is 9.90 Å². The predicted octanol–water partition coefficient (Wildman–Crippen LogP) is -0.625. The highest BCUT2D eigenvalue weighted by atomic mass is 16.3. The lowest BCUT2D eigenvalue weighted by molar-refractivity contribution is -0.122. The molecule has 0 atom stereocenters. The third kappa shape index (κ3) is 50.0. The molecule has 4 N–H and O–H groups in total. The molecule has 0 aromatic heterocycles. The van der Waals surface area contributed by atoms with E-state index >= 15 is 0 Å². The van der Waals surface area contributed by atoms with E-state index < -0.39 is 6.03 Å². The topological polar surface area (TPSA) is 92.4 Å². The molecule has 54 valence electrons. The van der Waals surface area contributed by atoms with Crippen LogP contribution in [-0.2, 0) is 4.79 Å². The Balaban J connectivity index is 0. The summed E-state index contributed by atoms with van der Waals surface area (Å²) in [5.74, 6) is 0. The van der Waals surface area contributed by atoms with Crippen LogP contribution in [-0.4, -0.2) is 24.2 Å². The molecule has 0 saturated carbocycles. The SMILES string of the molecule is CCNC(N)=O.O=CO. The van der Waals surface area contributed by atoms with Gasteiger partial charge in [0.2, 0.25) is 0 Å². The number of carbonyl (C=O) groups excluding carboxylic acids is 1. The second-order valence-corrected chi connectivity index (χ2v) is 1.000. The highest BCUT2D eigenvalue weighted by Crippen LogP contribution is 1.49. The van der Waals surface area contributed by atoms with Crippen LogP contribution in [0.25, 0.3) is 0 Å². The molecule has 0 saturated heterocycles. The molecule has 2 amide bonds. The molecule has 0 aliphatic rings. The number of nitrogens with one attached hydrogen (secondary N) is 1. The number of primary amides is 1. The number of amides is 2. The predicted molar refractivity (Wildman–Crippen MR) is 32.0 cm³/mol. The number of nitrogens with two attached hydrogens (primary N) is 1. The fourth-order valence-corrected chi connectivity index (χ4v) is 0.174. The van der Waals surface area contributed by atoms with Crippen molar-refractivity contribution < 1.29 is 14.7 Å². The Labute approximate surface area is 52.8 Å². The molecule has 0 aromatic rings. The largest absolute Gasteiger partial charge is 0.483 e. The van der Waals surface area contributed by atoms with Gasteiger partial charge in [0.25, 0.3) is 6.47 Å². The number of carbonyl (C=O) groups is 2. The first kappa shape index (κ1) is 10.7. The zero-order valence-electron chi connectivity index (χ0n) is 5.13. The third-order valence-corrected chi connectivity index (χ3v) is 0.351. The average Bonchev–Trinajstić information content (AvgIpc) is 1.67. The Morgan fingerprint density at radius 2 is 2.22 bits per heavy atom. The van der Waals surface area contributed by atoms with Gasteiger partial charge >= 0.3 is 6.03 Å². The van der Waals surface area contributed by atoms with Crippen molar-refractivity contribution in [2.24, 2.45) is 5.73 Å². The number of carboxylic acid groups (broad SMARTS) is 1. The van der Waals surface area contributed by atoms with Crippen LogP contribution in [0.3, 0.4) is 0 Å². The van der Waals surface area contributed by atoms with Crippen LogP contribution >= 0.6 is 0 Å². The summed E-state index contributed by atoms with van der Waals surface area (Å²) >= 11 is 0. The average molecular weight is 134 g/mol. The minimum atomic E-state index is -0.461. The van der Waals surface area contributed by atoms with Crippen molar-refractivity contribution in [2.75, 3.05) is 6.54 Å². The van der Waals surface area contributed by atoms with Gasteiger partial charge in [-0.1, -0.05) is 0 Å². The van der Waals surface area contributed by atoms with E-state index in [2.05, 4.69) is 11.1 Å². The standard InChI is InChI=1S/C3H8N2O.CH2O2/c1-2-5-3(4)6;2-1-3/h2H2,1H3,(H3,4,5,6);1H,(H,2,3). The zero-order valence-corrected chi connectivity index (χ0v) is 5.13. The molecule has 0 rings (SSSR count).